The quantitative estimate of drug-likeness (QED) is 0.676. The van der Waals surface area contributed by atoms with Gasteiger partial charge in [0.05, 0.1) is 0 Å². The lowest BCUT2D eigenvalue weighted by atomic mass is 10.2. The third kappa shape index (κ3) is 1.80. The van der Waals surface area contributed by atoms with E-state index in [2.05, 4.69) is 20.1 Å². The van der Waals surface area contributed by atoms with Crippen LogP contribution in [0.4, 0.5) is 0 Å². The Bertz CT molecular complexity index is 647. The van der Waals surface area contributed by atoms with E-state index in [1.54, 1.807) is 24.8 Å². The molecule has 0 amide bonds. The molecule has 6 heteroatoms. The molecule has 0 aliphatic carbocycles. The molecular formula is C12H10N6. The van der Waals surface area contributed by atoms with Gasteiger partial charge in [0.2, 0.25) is 0 Å². The minimum atomic E-state index is 0.546. The molecule has 0 spiro atoms. The van der Waals surface area contributed by atoms with Crippen molar-refractivity contribution in [3.8, 4) is 22.8 Å². The van der Waals surface area contributed by atoms with Gasteiger partial charge in [-0.05, 0) is 24.3 Å². The van der Waals surface area contributed by atoms with Crippen molar-refractivity contribution in [1.29, 1.82) is 0 Å². The Morgan fingerprint density at radius 1 is 0.944 bits per heavy atom. The molecule has 0 unspecified atom stereocenters. The molecule has 3 aromatic heterocycles. The fourth-order valence-electron chi connectivity index (χ4n) is 1.63. The molecule has 0 fully saturated rings. The Hall–Kier alpha value is -2.76. The predicted octanol–water partition coefficient (Wildman–Crippen LogP) is 1.12. The van der Waals surface area contributed by atoms with Gasteiger partial charge in [0.1, 0.15) is 0 Å². The van der Waals surface area contributed by atoms with Crippen molar-refractivity contribution < 1.29 is 0 Å². The Balaban J connectivity index is 2.07. The van der Waals surface area contributed by atoms with Crippen LogP contribution in [0.25, 0.3) is 22.8 Å². The first-order valence-electron chi connectivity index (χ1n) is 5.37. The van der Waals surface area contributed by atoms with Crippen LogP contribution >= 0.6 is 0 Å². The van der Waals surface area contributed by atoms with Gasteiger partial charge >= 0.3 is 0 Å². The summed E-state index contributed by atoms with van der Waals surface area (Å²) in [7, 11) is 0. The molecular weight excluding hydrogens is 228 g/mol. The summed E-state index contributed by atoms with van der Waals surface area (Å²) in [5.41, 5.74) is 1.65. The van der Waals surface area contributed by atoms with Crippen LogP contribution in [0.5, 0.6) is 0 Å². The summed E-state index contributed by atoms with van der Waals surface area (Å²) < 4.78 is 0. The fraction of sp³-hybridized carbons (Fsp3) is 0. The fourth-order valence-corrected chi connectivity index (χ4v) is 1.63. The van der Waals surface area contributed by atoms with Crippen LogP contribution in [-0.4, -0.2) is 24.8 Å². The average Bonchev–Trinajstić information content (AvgIpc) is 2.83. The summed E-state index contributed by atoms with van der Waals surface area (Å²) >= 11 is 0. The number of aromatic nitrogens is 5. The molecule has 3 aromatic rings. The van der Waals surface area contributed by atoms with Gasteiger partial charge < -0.3 is 5.84 Å². The molecule has 0 aliphatic heterocycles. The molecule has 18 heavy (non-hydrogen) atoms. The Labute approximate surface area is 103 Å². The summed E-state index contributed by atoms with van der Waals surface area (Å²) in [6, 6.07) is 7.42. The Kier molecular flexibility index (Phi) is 2.45. The Morgan fingerprint density at radius 2 is 1.61 bits per heavy atom. The van der Waals surface area contributed by atoms with Crippen LogP contribution in [0.2, 0.25) is 0 Å². The van der Waals surface area contributed by atoms with Crippen molar-refractivity contribution in [3.05, 3.63) is 49.1 Å². The van der Waals surface area contributed by atoms with Crippen LogP contribution in [0.1, 0.15) is 0 Å². The summed E-state index contributed by atoms with van der Waals surface area (Å²) in [6.45, 7) is 0. The second-order valence-electron chi connectivity index (χ2n) is 3.69. The van der Waals surface area contributed by atoms with Gasteiger partial charge in [0.25, 0.3) is 0 Å². The van der Waals surface area contributed by atoms with E-state index >= 15 is 0 Å². The van der Waals surface area contributed by atoms with E-state index in [0.29, 0.717) is 11.6 Å². The van der Waals surface area contributed by atoms with Crippen LogP contribution in [-0.2, 0) is 0 Å². The lowest BCUT2D eigenvalue weighted by Crippen LogP contribution is -2.11. The molecule has 0 atom stereocenters. The third-order valence-corrected chi connectivity index (χ3v) is 2.47. The van der Waals surface area contributed by atoms with Gasteiger partial charge in [0, 0.05) is 35.9 Å². The maximum atomic E-state index is 5.81. The van der Waals surface area contributed by atoms with Crippen LogP contribution in [0.15, 0.2) is 49.1 Å². The Morgan fingerprint density at radius 3 is 2.22 bits per heavy atom. The standard InChI is InChI=1S/C12H10N6/c13-18-12(10-4-2-6-15-8-10)16-11(17-18)9-3-1-5-14-7-9/h1-8H,13H2. The zero-order valence-corrected chi connectivity index (χ0v) is 9.43. The number of nitrogens with two attached hydrogens (primary N) is 1. The van der Waals surface area contributed by atoms with E-state index < -0.39 is 0 Å². The van der Waals surface area contributed by atoms with Crippen molar-refractivity contribution in [3.63, 3.8) is 0 Å². The molecule has 0 saturated carbocycles. The van der Waals surface area contributed by atoms with E-state index in [1.807, 2.05) is 24.3 Å². The predicted molar refractivity (Wildman–Crippen MR) is 66.6 cm³/mol. The highest BCUT2D eigenvalue weighted by Crippen LogP contribution is 2.19. The summed E-state index contributed by atoms with van der Waals surface area (Å²) in [5, 5.41) is 4.17. The van der Waals surface area contributed by atoms with Crippen molar-refractivity contribution >= 4 is 0 Å². The highest BCUT2D eigenvalue weighted by Gasteiger charge is 2.11. The highest BCUT2D eigenvalue weighted by atomic mass is 15.5. The normalized spacial score (nSPS) is 10.4. The maximum Gasteiger partial charge on any atom is 0.185 e. The van der Waals surface area contributed by atoms with Crippen LogP contribution < -0.4 is 5.84 Å². The van der Waals surface area contributed by atoms with E-state index in [0.717, 1.165) is 11.1 Å². The summed E-state index contributed by atoms with van der Waals surface area (Å²) in [4.78, 5) is 13.7. The average molecular weight is 238 g/mol. The van der Waals surface area contributed by atoms with Gasteiger partial charge in [-0.25, -0.2) is 4.98 Å². The molecule has 0 saturated heterocycles. The number of nitrogens with zero attached hydrogens (tertiary/aromatic N) is 5. The molecule has 88 valence electrons. The van der Waals surface area contributed by atoms with E-state index in [-0.39, 0.29) is 0 Å². The third-order valence-electron chi connectivity index (χ3n) is 2.47. The number of nitrogen functional groups attached to an aromatic ring is 1. The number of rotatable bonds is 2. The lowest BCUT2D eigenvalue weighted by molar-refractivity contribution is 0.841. The molecule has 3 heterocycles. The first-order chi connectivity index (χ1) is 8.84. The van der Waals surface area contributed by atoms with Gasteiger partial charge in [-0.3, -0.25) is 9.97 Å². The largest absolute Gasteiger partial charge is 0.321 e. The zero-order valence-electron chi connectivity index (χ0n) is 9.43. The van der Waals surface area contributed by atoms with Gasteiger partial charge in [-0.15, -0.1) is 5.10 Å². The van der Waals surface area contributed by atoms with Crippen molar-refractivity contribution in [2.45, 2.75) is 0 Å². The first-order valence-corrected chi connectivity index (χ1v) is 5.37. The van der Waals surface area contributed by atoms with E-state index in [4.69, 9.17) is 5.84 Å². The minimum Gasteiger partial charge on any atom is -0.321 e. The molecule has 0 radical (unpaired) electrons. The first kappa shape index (κ1) is 10.4. The molecule has 0 bridgehead atoms. The second kappa shape index (κ2) is 4.25. The van der Waals surface area contributed by atoms with Crippen molar-refractivity contribution in [1.82, 2.24) is 24.8 Å². The van der Waals surface area contributed by atoms with Crippen molar-refractivity contribution in [2.75, 3.05) is 5.84 Å². The number of pyridine rings is 2. The molecule has 0 aromatic carbocycles. The van der Waals surface area contributed by atoms with E-state index in [1.165, 1.54) is 4.79 Å². The molecule has 2 N–H and O–H groups in total. The van der Waals surface area contributed by atoms with E-state index in [9.17, 15) is 0 Å². The van der Waals surface area contributed by atoms with Crippen molar-refractivity contribution in [2.24, 2.45) is 0 Å². The van der Waals surface area contributed by atoms with Gasteiger partial charge in [0.15, 0.2) is 11.6 Å². The molecule has 3 rings (SSSR count). The monoisotopic (exact) mass is 238 g/mol. The molecule has 6 nitrogen and oxygen atoms in total. The maximum absolute atomic E-state index is 5.81. The smallest absolute Gasteiger partial charge is 0.185 e. The van der Waals surface area contributed by atoms with Crippen LogP contribution in [0, 0.1) is 0 Å². The minimum absolute atomic E-state index is 0.546. The zero-order chi connectivity index (χ0) is 12.4. The number of hydrogen-bond acceptors (Lipinski definition) is 5. The highest BCUT2D eigenvalue weighted by molar-refractivity contribution is 5.60. The summed E-state index contributed by atoms with van der Waals surface area (Å²) in [5.74, 6) is 6.92. The van der Waals surface area contributed by atoms with Gasteiger partial charge in [-0.1, -0.05) is 0 Å². The summed E-state index contributed by atoms with van der Waals surface area (Å²) in [6.07, 6.45) is 6.79. The van der Waals surface area contributed by atoms with Gasteiger partial charge in [-0.2, -0.15) is 4.79 Å². The lowest BCUT2D eigenvalue weighted by Gasteiger charge is -1.96. The van der Waals surface area contributed by atoms with Crippen LogP contribution in [0.3, 0.4) is 0 Å². The second-order valence-corrected chi connectivity index (χ2v) is 3.69. The topological polar surface area (TPSA) is 82.5 Å². The SMILES string of the molecule is Nn1nc(-c2cccnc2)nc1-c1cccnc1. The number of hydrogen-bond donors (Lipinski definition) is 1. The molecule has 0 aliphatic rings.